The van der Waals surface area contributed by atoms with Crippen molar-refractivity contribution >= 4 is 34.0 Å². The van der Waals surface area contributed by atoms with E-state index in [1.807, 2.05) is 36.2 Å². The van der Waals surface area contributed by atoms with Crippen LogP contribution in [-0.4, -0.2) is 48.9 Å². The van der Waals surface area contributed by atoms with Crippen molar-refractivity contribution in [3.05, 3.63) is 40.9 Å². The van der Waals surface area contributed by atoms with Gasteiger partial charge in [-0.1, -0.05) is 18.2 Å². The molecule has 4 rings (SSSR count). The molecule has 2 aliphatic rings. The maximum Gasteiger partial charge on any atom is 0.273 e. The third kappa shape index (κ3) is 2.33. The first-order valence-electron chi connectivity index (χ1n) is 8.37. The van der Waals surface area contributed by atoms with E-state index in [0.29, 0.717) is 31.6 Å². The van der Waals surface area contributed by atoms with Gasteiger partial charge in [-0.15, -0.1) is 11.3 Å². The normalized spacial score (nSPS) is 18.6. The lowest BCUT2D eigenvalue weighted by molar-refractivity contribution is -0.124. The number of thiazole rings is 1. The molecule has 130 valence electrons. The Kier molecular flexibility index (Phi) is 3.76. The quantitative estimate of drug-likeness (QED) is 0.897. The number of piperidine rings is 1. The summed E-state index contributed by atoms with van der Waals surface area (Å²) in [5, 5.41) is 5.47. The summed E-state index contributed by atoms with van der Waals surface area (Å²) >= 11 is 1.42. The summed E-state index contributed by atoms with van der Waals surface area (Å²) < 4.78 is 0. The Bertz CT molecular complexity index is 839. The maximum atomic E-state index is 12.9. The van der Waals surface area contributed by atoms with E-state index in [1.165, 1.54) is 11.3 Å². The zero-order valence-electron chi connectivity index (χ0n) is 14.3. The van der Waals surface area contributed by atoms with Crippen LogP contribution in [0.2, 0.25) is 0 Å². The van der Waals surface area contributed by atoms with E-state index in [0.717, 1.165) is 16.4 Å². The second-order valence-electron chi connectivity index (χ2n) is 6.54. The van der Waals surface area contributed by atoms with E-state index in [2.05, 4.69) is 10.3 Å². The molecule has 2 aliphatic heterocycles. The number of hydrogen-bond acceptors (Lipinski definition) is 5. The molecular weight excluding hydrogens is 336 g/mol. The molecule has 1 spiro atoms. The molecule has 3 heterocycles. The number of likely N-dealkylation sites (tertiary alicyclic amines) is 1. The van der Waals surface area contributed by atoms with Crippen LogP contribution in [0.1, 0.15) is 28.9 Å². The van der Waals surface area contributed by atoms with Crippen molar-refractivity contribution < 1.29 is 9.59 Å². The van der Waals surface area contributed by atoms with Gasteiger partial charge < -0.3 is 15.1 Å². The number of anilines is 2. The summed E-state index contributed by atoms with van der Waals surface area (Å²) in [5.41, 5.74) is 2.08. The van der Waals surface area contributed by atoms with Crippen molar-refractivity contribution in [3.63, 3.8) is 0 Å². The van der Waals surface area contributed by atoms with Gasteiger partial charge in [0.15, 0.2) is 5.13 Å². The highest BCUT2D eigenvalue weighted by atomic mass is 32.1. The molecule has 25 heavy (non-hydrogen) atoms. The predicted molar refractivity (Wildman–Crippen MR) is 98.3 cm³/mol. The van der Waals surface area contributed by atoms with E-state index in [9.17, 15) is 9.59 Å². The highest BCUT2D eigenvalue weighted by molar-refractivity contribution is 7.13. The van der Waals surface area contributed by atoms with Crippen LogP contribution < -0.4 is 10.2 Å². The second kappa shape index (κ2) is 5.84. The number of fused-ring (bicyclic) bond motifs is 2. The second-order valence-corrected chi connectivity index (χ2v) is 7.40. The third-order valence-electron chi connectivity index (χ3n) is 5.34. The summed E-state index contributed by atoms with van der Waals surface area (Å²) in [4.78, 5) is 33.5. The van der Waals surface area contributed by atoms with Crippen LogP contribution >= 0.6 is 11.3 Å². The van der Waals surface area contributed by atoms with E-state index in [1.54, 1.807) is 17.3 Å². The van der Waals surface area contributed by atoms with Crippen molar-refractivity contribution in [1.29, 1.82) is 0 Å². The fraction of sp³-hybridized carbons (Fsp3) is 0.389. The fourth-order valence-electron chi connectivity index (χ4n) is 3.94. The lowest BCUT2D eigenvalue weighted by Gasteiger charge is -2.38. The number of nitrogens with one attached hydrogen (secondary N) is 1. The number of hydrogen-bond donors (Lipinski definition) is 1. The van der Waals surface area contributed by atoms with Gasteiger partial charge in [0.25, 0.3) is 5.91 Å². The minimum absolute atomic E-state index is 0.0558. The van der Waals surface area contributed by atoms with Crippen LogP contribution in [0.15, 0.2) is 29.6 Å². The van der Waals surface area contributed by atoms with Gasteiger partial charge in [-0.05, 0) is 24.5 Å². The largest absolute Gasteiger partial charge is 0.365 e. The number of nitrogens with zero attached hydrogens (tertiary/aromatic N) is 3. The summed E-state index contributed by atoms with van der Waals surface area (Å²) in [6.45, 7) is 1.14. The van der Waals surface area contributed by atoms with Crippen LogP contribution in [0.25, 0.3) is 0 Å². The number of para-hydroxylation sites is 1. The number of benzene rings is 1. The average molecular weight is 356 g/mol. The molecule has 0 unspecified atom stereocenters. The van der Waals surface area contributed by atoms with Gasteiger partial charge in [-0.25, -0.2) is 4.98 Å². The lowest BCUT2D eigenvalue weighted by atomic mass is 9.73. The molecule has 0 saturated carbocycles. The molecule has 6 nitrogen and oxygen atoms in total. The molecule has 0 radical (unpaired) electrons. The maximum absolute atomic E-state index is 12.9. The molecule has 7 heteroatoms. The van der Waals surface area contributed by atoms with Gasteiger partial charge >= 0.3 is 0 Å². The number of aromatic nitrogens is 1. The highest BCUT2D eigenvalue weighted by Gasteiger charge is 2.51. The monoisotopic (exact) mass is 356 g/mol. The zero-order chi connectivity index (χ0) is 17.6. The first-order chi connectivity index (χ1) is 12.1. The predicted octanol–water partition coefficient (Wildman–Crippen LogP) is 2.34. The minimum Gasteiger partial charge on any atom is -0.365 e. The van der Waals surface area contributed by atoms with Crippen molar-refractivity contribution in [1.82, 2.24) is 9.88 Å². The first-order valence-corrected chi connectivity index (χ1v) is 9.25. The van der Waals surface area contributed by atoms with Gasteiger partial charge in [-0.3, -0.25) is 9.59 Å². The van der Waals surface area contributed by atoms with Crippen LogP contribution in [-0.2, 0) is 10.2 Å². The van der Waals surface area contributed by atoms with E-state index in [-0.39, 0.29) is 11.8 Å². The van der Waals surface area contributed by atoms with E-state index < -0.39 is 5.41 Å². The SMILES string of the molecule is CNc1nc(C(=O)N2CCC3(CC2)C(=O)N(C)c2ccccc23)cs1. The van der Waals surface area contributed by atoms with Crippen LogP contribution in [0.5, 0.6) is 0 Å². The van der Waals surface area contributed by atoms with Gasteiger partial charge in [0.2, 0.25) is 5.91 Å². The Morgan fingerprint density at radius 2 is 2.00 bits per heavy atom. The molecule has 1 aromatic heterocycles. The summed E-state index contributed by atoms with van der Waals surface area (Å²) in [7, 11) is 3.62. The molecule has 2 aromatic rings. The Labute approximate surface area is 150 Å². The van der Waals surface area contributed by atoms with E-state index >= 15 is 0 Å². The van der Waals surface area contributed by atoms with Crippen molar-refractivity contribution in [2.75, 3.05) is 37.4 Å². The lowest BCUT2D eigenvalue weighted by Crippen LogP contribution is -2.49. The number of carbonyl (C=O) groups excluding carboxylic acids is 2. The Morgan fingerprint density at radius 3 is 2.68 bits per heavy atom. The Balaban J connectivity index is 1.55. The number of carbonyl (C=O) groups is 2. The van der Waals surface area contributed by atoms with E-state index in [4.69, 9.17) is 0 Å². The molecule has 1 N–H and O–H groups in total. The third-order valence-corrected chi connectivity index (χ3v) is 6.20. The van der Waals surface area contributed by atoms with Crippen molar-refractivity contribution in [2.45, 2.75) is 18.3 Å². The Hall–Kier alpha value is -2.41. The Morgan fingerprint density at radius 1 is 1.28 bits per heavy atom. The molecule has 2 amide bonds. The van der Waals surface area contributed by atoms with Crippen LogP contribution in [0, 0.1) is 0 Å². The number of likely N-dealkylation sites (N-methyl/N-ethyl adjacent to an activating group) is 1. The smallest absolute Gasteiger partial charge is 0.273 e. The van der Waals surface area contributed by atoms with Crippen molar-refractivity contribution in [3.8, 4) is 0 Å². The summed E-state index contributed by atoms with van der Waals surface area (Å²) in [6.07, 6.45) is 1.31. The van der Waals surface area contributed by atoms with Crippen LogP contribution in [0.3, 0.4) is 0 Å². The molecule has 1 saturated heterocycles. The molecule has 0 aliphatic carbocycles. The highest BCUT2D eigenvalue weighted by Crippen LogP contribution is 2.47. The summed E-state index contributed by atoms with van der Waals surface area (Å²) in [6, 6.07) is 7.99. The molecular formula is C18H20N4O2S. The van der Waals surface area contributed by atoms with Crippen molar-refractivity contribution in [2.24, 2.45) is 0 Å². The van der Waals surface area contributed by atoms with Gasteiger partial charge in [0.05, 0.1) is 5.41 Å². The standard InChI is InChI=1S/C18H20N4O2S/c1-19-17-20-13(11-25-17)15(23)22-9-7-18(8-10-22)12-5-3-4-6-14(12)21(2)16(18)24/h3-6,11H,7-10H2,1-2H3,(H,19,20). The van der Waals surface area contributed by atoms with Gasteiger partial charge in [0, 0.05) is 38.3 Å². The van der Waals surface area contributed by atoms with Gasteiger partial charge in [-0.2, -0.15) is 0 Å². The van der Waals surface area contributed by atoms with Crippen LogP contribution in [0.4, 0.5) is 10.8 Å². The molecule has 1 fully saturated rings. The minimum atomic E-state index is -0.486. The number of amides is 2. The number of rotatable bonds is 2. The molecule has 1 aromatic carbocycles. The first kappa shape index (κ1) is 16.1. The topological polar surface area (TPSA) is 65.5 Å². The fourth-order valence-corrected chi connectivity index (χ4v) is 4.59. The van der Waals surface area contributed by atoms with Gasteiger partial charge in [0.1, 0.15) is 5.69 Å². The average Bonchev–Trinajstić information content (AvgIpc) is 3.22. The molecule has 0 bridgehead atoms. The zero-order valence-corrected chi connectivity index (χ0v) is 15.1. The molecule has 0 atom stereocenters. The summed E-state index contributed by atoms with van der Waals surface area (Å²) in [5.74, 6) is 0.0895.